The van der Waals surface area contributed by atoms with E-state index in [2.05, 4.69) is 10.6 Å². The second-order valence-corrected chi connectivity index (χ2v) is 7.07. The molecule has 0 radical (unpaired) electrons. The van der Waals surface area contributed by atoms with Gasteiger partial charge in [-0.05, 0) is 37.0 Å². The molecule has 0 bridgehead atoms. The summed E-state index contributed by atoms with van der Waals surface area (Å²) < 4.78 is 5.03. The van der Waals surface area contributed by atoms with Gasteiger partial charge in [-0.15, -0.1) is 0 Å². The van der Waals surface area contributed by atoms with Gasteiger partial charge in [-0.3, -0.25) is 4.79 Å². The molecule has 1 aromatic rings. The van der Waals surface area contributed by atoms with Crippen molar-refractivity contribution in [3.05, 3.63) is 23.8 Å². The Morgan fingerprint density at radius 1 is 1.33 bits per heavy atom. The fourth-order valence-corrected chi connectivity index (χ4v) is 2.95. The first kappa shape index (κ1) is 20.5. The number of carboxylic acid groups (broad SMARTS) is 1. The summed E-state index contributed by atoms with van der Waals surface area (Å²) >= 11 is 0. The van der Waals surface area contributed by atoms with E-state index in [1.54, 1.807) is 11.0 Å². The zero-order valence-electron chi connectivity index (χ0n) is 15.9. The van der Waals surface area contributed by atoms with E-state index in [0.717, 1.165) is 6.42 Å². The number of amides is 3. The average molecular weight is 377 g/mol. The quantitative estimate of drug-likeness (QED) is 0.706. The van der Waals surface area contributed by atoms with Gasteiger partial charge in [-0.2, -0.15) is 0 Å². The van der Waals surface area contributed by atoms with E-state index in [4.69, 9.17) is 4.74 Å². The molecule has 1 heterocycles. The molecule has 1 fully saturated rings. The summed E-state index contributed by atoms with van der Waals surface area (Å²) in [6, 6.07) is 4.30. The third-order valence-electron chi connectivity index (χ3n) is 4.46. The molecular formula is C19H27N3O5. The van der Waals surface area contributed by atoms with Gasteiger partial charge in [-0.25, -0.2) is 9.59 Å². The number of ether oxygens (including phenoxy) is 1. The number of carboxylic acids is 1. The first-order valence-corrected chi connectivity index (χ1v) is 9.06. The summed E-state index contributed by atoms with van der Waals surface area (Å²) in [5.41, 5.74) is 0.180. The van der Waals surface area contributed by atoms with Crippen molar-refractivity contribution in [1.82, 2.24) is 10.2 Å². The van der Waals surface area contributed by atoms with Crippen LogP contribution in [0, 0.1) is 11.8 Å². The predicted octanol–water partition coefficient (Wildman–Crippen LogP) is 2.41. The molecule has 8 nitrogen and oxygen atoms in total. The molecule has 1 aliphatic heterocycles. The van der Waals surface area contributed by atoms with E-state index in [9.17, 15) is 19.5 Å². The third-order valence-corrected chi connectivity index (χ3v) is 4.46. The first-order chi connectivity index (χ1) is 12.8. The number of aromatic carboxylic acids is 1. The minimum absolute atomic E-state index is 0.0370. The summed E-state index contributed by atoms with van der Waals surface area (Å²) in [6.45, 7) is 5.54. The lowest BCUT2D eigenvalue weighted by Crippen LogP contribution is -2.48. The molecule has 0 spiro atoms. The number of anilines is 1. The van der Waals surface area contributed by atoms with Gasteiger partial charge in [0.05, 0.1) is 24.3 Å². The van der Waals surface area contributed by atoms with E-state index in [1.807, 2.05) is 13.8 Å². The second kappa shape index (κ2) is 9.25. The molecule has 1 aliphatic rings. The van der Waals surface area contributed by atoms with Crippen LogP contribution >= 0.6 is 0 Å². The molecule has 8 heteroatoms. The Kier molecular flexibility index (Phi) is 7.04. The van der Waals surface area contributed by atoms with Crippen LogP contribution in [0.2, 0.25) is 0 Å². The van der Waals surface area contributed by atoms with Gasteiger partial charge in [0.15, 0.2) is 0 Å². The summed E-state index contributed by atoms with van der Waals surface area (Å²) in [4.78, 5) is 38.0. The lowest BCUT2D eigenvalue weighted by atomic mass is 9.97. The van der Waals surface area contributed by atoms with Gasteiger partial charge < -0.3 is 25.4 Å². The van der Waals surface area contributed by atoms with Gasteiger partial charge in [0, 0.05) is 19.6 Å². The highest BCUT2D eigenvalue weighted by Crippen LogP contribution is 2.24. The molecule has 0 saturated carbocycles. The number of nitrogens with one attached hydrogen (secondary N) is 2. The standard InChI is InChI=1S/C19H27N3O5/c1-12(2)10-20-19(26)22-8-4-5-13(11-22)17(23)21-16-7-6-14(27-3)9-15(16)18(24)25/h6-7,9,12-13H,4-5,8,10-11H2,1-3H3,(H,20,26)(H,21,23)(H,24,25). The minimum atomic E-state index is -1.15. The van der Waals surface area contributed by atoms with E-state index < -0.39 is 5.97 Å². The predicted molar refractivity (Wildman–Crippen MR) is 101 cm³/mol. The van der Waals surface area contributed by atoms with Crippen molar-refractivity contribution >= 4 is 23.6 Å². The van der Waals surface area contributed by atoms with Crippen LogP contribution in [0.4, 0.5) is 10.5 Å². The van der Waals surface area contributed by atoms with Gasteiger partial charge in [-0.1, -0.05) is 13.8 Å². The number of carbonyl (C=O) groups is 3. The van der Waals surface area contributed by atoms with Crippen LogP contribution < -0.4 is 15.4 Å². The number of carbonyl (C=O) groups excluding carboxylic acids is 2. The maximum atomic E-state index is 12.6. The molecule has 0 aromatic heterocycles. The van der Waals surface area contributed by atoms with Crippen LogP contribution in [0.25, 0.3) is 0 Å². The van der Waals surface area contributed by atoms with Crippen LogP contribution in [-0.2, 0) is 4.79 Å². The number of hydrogen-bond donors (Lipinski definition) is 3. The second-order valence-electron chi connectivity index (χ2n) is 7.07. The van der Waals surface area contributed by atoms with Crippen molar-refractivity contribution in [3.8, 4) is 5.75 Å². The van der Waals surface area contributed by atoms with Crippen molar-refractivity contribution in [1.29, 1.82) is 0 Å². The maximum Gasteiger partial charge on any atom is 0.337 e. The van der Waals surface area contributed by atoms with E-state index in [-0.39, 0.29) is 29.1 Å². The van der Waals surface area contributed by atoms with E-state index in [1.165, 1.54) is 19.2 Å². The number of urea groups is 1. The molecule has 1 aromatic carbocycles. The Bertz CT molecular complexity index is 705. The Balaban J connectivity index is 2.03. The molecule has 2 rings (SSSR count). The molecule has 3 amide bonds. The molecule has 27 heavy (non-hydrogen) atoms. The smallest absolute Gasteiger partial charge is 0.337 e. The molecule has 1 saturated heterocycles. The van der Waals surface area contributed by atoms with Crippen molar-refractivity contribution in [2.45, 2.75) is 26.7 Å². The monoisotopic (exact) mass is 377 g/mol. The van der Waals surface area contributed by atoms with Gasteiger partial charge in [0.25, 0.3) is 0 Å². The topological polar surface area (TPSA) is 108 Å². The summed E-state index contributed by atoms with van der Waals surface area (Å²) in [5, 5.41) is 14.9. The molecule has 3 N–H and O–H groups in total. The Morgan fingerprint density at radius 2 is 2.07 bits per heavy atom. The largest absolute Gasteiger partial charge is 0.497 e. The highest BCUT2D eigenvalue weighted by Gasteiger charge is 2.29. The fraction of sp³-hybridized carbons (Fsp3) is 0.526. The number of hydrogen-bond acceptors (Lipinski definition) is 4. The van der Waals surface area contributed by atoms with Crippen molar-refractivity contribution in [2.75, 3.05) is 32.1 Å². The van der Waals surface area contributed by atoms with Gasteiger partial charge >= 0.3 is 12.0 Å². The lowest BCUT2D eigenvalue weighted by Gasteiger charge is -2.32. The van der Waals surface area contributed by atoms with Crippen molar-refractivity contribution in [2.24, 2.45) is 11.8 Å². The zero-order valence-corrected chi connectivity index (χ0v) is 15.9. The van der Waals surface area contributed by atoms with Crippen LogP contribution in [0.15, 0.2) is 18.2 Å². The molecule has 1 unspecified atom stereocenters. The number of rotatable bonds is 6. The summed E-state index contributed by atoms with van der Waals surface area (Å²) in [6.07, 6.45) is 1.37. The van der Waals surface area contributed by atoms with Crippen molar-refractivity contribution < 1.29 is 24.2 Å². The van der Waals surface area contributed by atoms with Crippen LogP contribution in [-0.4, -0.2) is 54.7 Å². The van der Waals surface area contributed by atoms with Crippen LogP contribution in [0.1, 0.15) is 37.0 Å². The average Bonchev–Trinajstić information content (AvgIpc) is 2.66. The minimum Gasteiger partial charge on any atom is -0.497 e. The maximum absolute atomic E-state index is 12.6. The lowest BCUT2D eigenvalue weighted by molar-refractivity contribution is -0.121. The summed E-state index contributed by atoms with van der Waals surface area (Å²) in [7, 11) is 1.44. The number of methoxy groups -OCH3 is 1. The Labute approximate surface area is 158 Å². The normalized spacial score (nSPS) is 16.7. The number of piperidine rings is 1. The SMILES string of the molecule is COc1ccc(NC(=O)C2CCCN(C(=O)NCC(C)C)C2)c(C(=O)O)c1. The highest BCUT2D eigenvalue weighted by atomic mass is 16.5. The number of likely N-dealkylation sites (tertiary alicyclic amines) is 1. The van der Waals surface area contributed by atoms with Crippen molar-refractivity contribution in [3.63, 3.8) is 0 Å². The van der Waals surface area contributed by atoms with Crippen LogP contribution in [0.5, 0.6) is 5.75 Å². The number of nitrogens with zero attached hydrogens (tertiary/aromatic N) is 1. The van der Waals surface area contributed by atoms with Crippen LogP contribution in [0.3, 0.4) is 0 Å². The molecule has 148 valence electrons. The number of benzene rings is 1. The third kappa shape index (κ3) is 5.60. The van der Waals surface area contributed by atoms with E-state index >= 15 is 0 Å². The summed E-state index contributed by atoms with van der Waals surface area (Å²) in [5.74, 6) is -1.07. The fourth-order valence-electron chi connectivity index (χ4n) is 2.95. The molecule has 1 atom stereocenters. The van der Waals surface area contributed by atoms with Gasteiger partial charge in [0.2, 0.25) is 5.91 Å². The Morgan fingerprint density at radius 3 is 2.70 bits per heavy atom. The molecular weight excluding hydrogens is 350 g/mol. The molecule has 0 aliphatic carbocycles. The highest BCUT2D eigenvalue weighted by molar-refractivity contribution is 6.01. The Hall–Kier alpha value is -2.77. The van der Waals surface area contributed by atoms with Gasteiger partial charge in [0.1, 0.15) is 5.75 Å². The van der Waals surface area contributed by atoms with E-state index in [0.29, 0.717) is 37.7 Å². The zero-order chi connectivity index (χ0) is 20.0. The first-order valence-electron chi connectivity index (χ1n) is 9.06.